The smallest absolute Gasteiger partial charge is 0.0601 e. The van der Waals surface area contributed by atoms with E-state index in [9.17, 15) is 0 Å². The number of nitrogens with one attached hydrogen (secondary N) is 1. The van der Waals surface area contributed by atoms with Gasteiger partial charge < -0.3 is 4.74 Å². The molecule has 3 heteroatoms. The maximum Gasteiger partial charge on any atom is 0.0601 e. The van der Waals surface area contributed by atoms with Crippen LogP contribution in [-0.2, 0) is 4.74 Å². The van der Waals surface area contributed by atoms with Gasteiger partial charge in [-0.05, 0) is 32.3 Å². The molecule has 1 aliphatic heterocycles. The van der Waals surface area contributed by atoms with Crippen molar-refractivity contribution in [1.29, 1.82) is 0 Å². The Balaban J connectivity index is 2.25. The Hall–Kier alpha value is -0.900. The highest BCUT2D eigenvalue weighted by molar-refractivity contribution is 5.25. The second kappa shape index (κ2) is 5.39. The predicted octanol–water partition coefficient (Wildman–Crippen LogP) is 2.56. The van der Waals surface area contributed by atoms with Crippen LogP contribution in [0.5, 0.6) is 0 Å². The molecule has 100 valence electrons. The molecule has 0 aromatic heterocycles. The van der Waals surface area contributed by atoms with Crippen LogP contribution in [0, 0.1) is 18.8 Å². The SMILES string of the molecule is Cc1ccc(C(NN)C2C(C)OC(C)C2C)cc1. The van der Waals surface area contributed by atoms with E-state index < -0.39 is 0 Å². The van der Waals surface area contributed by atoms with Gasteiger partial charge in [-0.15, -0.1) is 0 Å². The molecule has 1 aliphatic rings. The lowest BCUT2D eigenvalue weighted by molar-refractivity contribution is 0.0475. The Morgan fingerprint density at radius 2 is 1.72 bits per heavy atom. The van der Waals surface area contributed by atoms with Crippen LogP contribution in [-0.4, -0.2) is 12.2 Å². The van der Waals surface area contributed by atoms with Crippen LogP contribution >= 0.6 is 0 Å². The van der Waals surface area contributed by atoms with Gasteiger partial charge in [0.25, 0.3) is 0 Å². The van der Waals surface area contributed by atoms with E-state index in [1.807, 2.05) is 0 Å². The van der Waals surface area contributed by atoms with Crippen molar-refractivity contribution in [3.05, 3.63) is 35.4 Å². The van der Waals surface area contributed by atoms with E-state index in [1.165, 1.54) is 11.1 Å². The van der Waals surface area contributed by atoms with E-state index in [0.29, 0.717) is 17.9 Å². The number of hydrazine groups is 1. The third-order valence-corrected chi connectivity index (χ3v) is 4.32. The van der Waals surface area contributed by atoms with Gasteiger partial charge in [-0.1, -0.05) is 36.8 Å². The zero-order valence-electron chi connectivity index (χ0n) is 11.7. The maximum absolute atomic E-state index is 5.92. The van der Waals surface area contributed by atoms with Gasteiger partial charge in [-0.3, -0.25) is 11.3 Å². The summed E-state index contributed by atoms with van der Waals surface area (Å²) in [6.45, 7) is 8.63. The van der Waals surface area contributed by atoms with E-state index in [4.69, 9.17) is 10.6 Å². The highest BCUT2D eigenvalue weighted by Gasteiger charge is 2.41. The van der Waals surface area contributed by atoms with Gasteiger partial charge >= 0.3 is 0 Å². The van der Waals surface area contributed by atoms with Crippen LogP contribution < -0.4 is 11.3 Å². The molecule has 0 bridgehead atoms. The number of rotatable bonds is 3. The summed E-state index contributed by atoms with van der Waals surface area (Å²) in [7, 11) is 0. The molecule has 0 aliphatic carbocycles. The van der Waals surface area contributed by atoms with E-state index in [-0.39, 0.29) is 12.1 Å². The Morgan fingerprint density at radius 1 is 1.11 bits per heavy atom. The van der Waals surface area contributed by atoms with E-state index in [1.54, 1.807) is 0 Å². The average Bonchev–Trinajstić information content (AvgIpc) is 2.59. The van der Waals surface area contributed by atoms with Crippen LogP contribution in [0.25, 0.3) is 0 Å². The summed E-state index contributed by atoms with van der Waals surface area (Å²) >= 11 is 0. The zero-order valence-corrected chi connectivity index (χ0v) is 11.7. The van der Waals surface area contributed by atoms with Crippen molar-refractivity contribution in [2.24, 2.45) is 17.7 Å². The number of benzene rings is 1. The summed E-state index contributed by atoms with van der Waals surface area (Å²) in [5, 5.41) is 0. The lowest BCUT2D eigenvalue weighted by Gasteiger charge is -2.28. The topological polar surface area (TPSA) is 47.3 Å². The lowest BCUT2D eigenvalue weighted by Crippen LogP contribution is -2.38. The van der Waals surface area contributed by atoms with Crippen molar-refractivity contribution in [1.82, 2.24) is 5.43 Å². The standard InChI is InChI=1S/C15H24N2O/c1-9-5-7-13(8-6-9)15(17-16)14-10(2)11(3)18-12(14)4/h5-8,10-12,14-15,17H,16H2,1-4H3. The highest BCUT2D eigenvalue weighted by atomic mass is 16.5. The summed E-state index contributed by atoms with van der Waals surface area (Å²) in [6.07, 6.45) is 0.531. The van der Waals surface area contributed by atoms with Crippen molar-refractivity contribution in [2.75, 3.05) is 0 Å². The van der Waals surface area contributed by atoms with Gasteiger partial charge in [-0.25, -0.2) is 0 Å². The third kappa shape index (κ3) is 2.44. The van der Waals surface area contributed by atoms with Crippen molar-refractivity contribution in [3.8, 4) is 0 Å². The molecule has 18 heavy (non-hydrogen) atoms. The number of aryl methyl sites for hydroxylation is 1. The summed E-state index contributed by atoms with van der Waals surface area (Å²) in [5.74, 6) is 6.70. The number of hydrogen-bond donors (Lipinski definition) is 2. The molecule has 3 N–H and O–H groups in total. The first-order valence-corrected chi connectivity index (χ1v) is 6.72. The van der Waals surface area contributed by atoms with Crippen LogP contribution in [0.2, 0.25) is 0 Å². The Labute approximate surface area is 110 Å². The first-order chi connectivity index (χ1) is 8.54. The molecule has 1 saturated heterocycles. The molecule has 5 atom stereocenters. The minimum Gasteiger partial charge on any atom is -0.375 e. The van der Waals surface area contributed by atoms with Crippen molar-refractivity contribution < 1.29 is 4.74 Å². The molecule has 0 saturated carbocycles. The normalized spacial score (nSPS) is 33.6. The van der Waals surface area contributed by atoms with Gasteiger partial charge in [0, 0.05) is 5.92 Å². The Bertz CT molecular complexity index is 390. The minimum atomic E-state index is 0.153. The summed E-state index contributed by atoms with van der Waals surface area (Å²) in [6, 6.07) is 8.73. The molecule has 5 unspecified atom stereocenters. The number of ether oxygens (including phenoxy) is 1. The maximum atomic E-state index is 5.92. The minimum absolute atomic E-state index is 0.153. The van der Waals surface area contributed by atoms with Crippen LogP contribution in [0.1, 0.15) is 37.9 Å². The molecule has 0 spiro atoms. The monoisotopic (exact) mass is 248 g/mol. The molecule has 1 aromatic rings. The fourth-order valence-electron chi connectivity index (χ4n) is 3.07. The summed E-state index contributed by atoms with van der Waals surface area (Å²) in [4.78, 5) is 0. The Kier molecular flexibility index (Phi) is 4.05. The number of hydrogen-bond acceptors (Lipinski definition) is 3. The second-order valence-corrected chi connectivity index (χ2v) is 5.54. The largest absolute Gasteiger partial charge is 0.375 e. The van der Waals surface area contributed by atoms with Crippen molar-refractivity contribution >= 4 is 0 Å². The first kappa shape index (κ1) is 13.5. The molecule has 0 amide bonds. The predicted molar refractivity (Wildman–Crippen MR) is 73.9 cm³/mol. The molecule has 1 fully saturated rings. The fourth-order valence-corrected chi connectivity index (χ4v) is 3.07. The first-order valence-electron chi connectivity index (χ1n) is 6.72. The van der Waals surface area contributed by atoms with Crippen LogP contribution in [0.3, 0.4) is 0 Å². The molecular formula is C15H24N2O. The molecular weight excluding hydrogens is 224 g/mol. The van der Waals surface area contributed by atoms with Crippen LogP contribution in [0.4, 0.5) is 0 Å². The Morgan fingerprint density at radius 3 is 2.17 bits per heavy atom. The van der Waals surface area contributed by atoms with Crippen molar-refractivity contribution in [2.45, 2.75) is 45.9 Å². The fraction of sp³-hybridized carbons (Fsp3) is 0.600. The van der Waals surface area contributed by atoms with Gasteiger partial charge in [0.1, 0.15) is 0 Å². The van der Waals surface area contributed by atoms with Gasteiger partial charge in [0.2, 0.25) is 0 Å². The van der Waals surface area contributed by atoms with Gasteiger partial charge in [-0.2, -0.15) is 0 Å². The second-order valence-electron chi connectivity index (χ2n) is 5.54. The number of nitrogens with two attached hydrogens (primary N) is 1. The lowest BCUT2D eigenvalue weighted by atomic mass is 9.80. The molecule has 3 nitrogen and oxygen atoms in total. The molecule has 2 rings (SSSR count). The van der Waals surface area contributed by atoms with E-state index >= 15 is 0 Å². The van der Waals surface area contributed by atoms with E-state index in [2.05, 4.69) is 57.4 Å². The highest BCUT2D eigenvalue weighted by Crippen LogP contribution is 2.40. The van der Waals surface area contributed by atoms with Crippen molar-refractivity contribution in [3.63, 3.8) is 0 Å². The quantitative estimate of drug-likeness (QED) is 0.638. The van der Waals surface area contributed by atoms with E-state index in [0.717, 1.165) is 0 Å². The van der Waals surface area contributed by atoms with Crippen LogP contribution in [0.15, 0.2) is 24.3 Å². The average molecular weight is 248 g/mol. The summed E-state index contributed by atoms with van der Waals surface area (Å²) in [5.41, 5.74) is 5.49. The molecule has 1 aromatic carbocycles. The molecule has 0 radical (unpaired) electrons. The van der Waals surface area contributed by atoms with Gasteiger partial charge in [0.05, 0.1) is 18.2 Å². The molecule has 1 heterocycles. The van der Waals surface area contributed by atoms with Gasteiger partial charge in [0.15, 0.2) is 0 Å². The summed E-state index contributed by atoms with van der Waals surface area (Å²) < 4.78 is 5.92. The zero-order chi connectivity index (χ0) is 13.3. The third-order valence-electron chi connectivity index (χ3n) is 4.32.